The largest absolute Gasteiger partial charge is 0.481 e. The average molecular weight is 270 g/mol. The Labute approximate surface area is 96.6 Å². The molecule has 0 aliphatic carbocycles. The molecular formula is C11H12BrNO2. The Kier molecular flexibility index (Phi) is 3.07. The molecule has 0 unspecified atom stereocenters. The maximum atomic E-state index is 11.0. The summed E-state index contributed by atoms with van der Waals surface area (Å²) in [4.78, 5) is 11.0. The van der Waals surface area contributed by atoms with E-state index in [0.717, 1.165) is 16.6 Å². The molecule has 2 N–H and O–H groups in total. The van der Waals surface area contributed by atoms with E-state index in [9.17, 15) is 4.79 Å². The van der Waals surface area contributed by atoms with Crippen molar-refractivity contribution in [3.63, 3.8) is 0 Å². The molecule has 2 atom stereocenters. The molecule has 1 heterocycles. The third kappa shape index (κ3) is 2.06. The highest BCUT2D eigenvalue weighted by Crippen LogP contribution is 2.33. The summed E-state index contributed by atoms with van der Waals surface area (Å²) in [5.41, 5.74) is 1.03. The highest BCUT2D eigenvalue weighted by atomic mass is 79.9. The SMILES string of the molecule is O=C(O)[C@H]1CCN[C@@H]1c1ccccc1Br. The van der Waals surface area contributed by atoms with Crippen molar-refractivity contribution in [2.24, 2.45) is 5.92 Å². The van der Waals surface area contributed by atoms with Crippen LogP contribution in [0.25, 0.3) is 0 Å². The summed E-state index contributed by atoms with van der Waals surface area (Å²) in [5.74, 6) is -1.04. The topological polar surface area (TPSA) is 49.3 Å². The van der Waals surface area contributed by atoms with Gasteiger partial charge >= 0.3 is 5.97 Å². The molecule has 0 bridgehead atoms. The summed E-state index contributed by atoms with van der Waals surface area (Å²) >= 11 is 3.45. The van der Waals surface area contributed by atoms with Crippen molar-refractivity contribution in [3.8, 4) is 0 Å². The van der Waals surface area contributed by atoms with Gasteiger partial charge in [0.15, 0.2) is 0 Å². The minimum absolute atomic E-state index is 0.0712. The molecule has 1 aliphatic rings. The number of carboxylic acid groups (broad SMARTS) is 1. The second-order valence-corrected chi connectivity index (χ2v) is 4.54. The Morgan fingerprint density at radius 1 is 1.47 bits per heavy atom. The maximum Gasteiger partial charge on any atom is 0.308 e. The van der Waals surface area contributed by atoms with Gasteiger partial charge in [0.2, 0.25) is 0 Å². The van der Waals surface area contributed by atoms with E-state index in [2.05, 4.69) is 21.2 Å². The van der Waals surface area contributed by atoms with Crippen molar-refractivity contribution in [1.29, 1.82) is 0 Å². The van der Waals surface area contributed by atoms with Gasteiger partial charge in [0, 0.05) is 10.5 Å². The van der Waals surface area contributed by atoms with E-state index in [1.807, 2.05) is 24.3 Å². The molecule has 0 aromatic heterocycles. The summed E-state index contributed by atoms with van der Waals surface area (Å²) in [6.45, 7) is 0.767. The lowest BCUT2D eigenvalue weighted by Gasteiger charge is -2.17. The quantitative estimate of drug-likeness (QED) is 0.866. The number of halogens is 1. The standard InChI is InChI=1S/C11H12BrNO2/c12-9-4-2-1-3-7(9)10-8(11(14)15)5-6-13-10/h1-4,8,10,13H,5-6H2,(H,14,15)/t8-,10+/m0/s1. The molecule has 1 aromatic rings. The zero-order valence-electron chi connectivity index (χ0n) is 8.11. The summed E-state index contributed by atoms with van der Waals surface area (Å²) < 4.78 is 0.968. The van der Waals surface area contributed by atoms with Gasteiger partial charge in [-0.15, -0.1) is 0 Å². The minimum atomic E-state index is -0.722. The van der Waals surface area contributed by atoms with Crippen LogP contribution in [0.15, 0.2) is 28.7 Å². The van der Waals surface area contributed by atoms with E-state index in [1.54, 1.807) is 0 Å². The maximum absolute atomic E-state index is 11.0. The Morgan fingerprint density at radius 2 is 2.20 bits per heavy atom. The average Bonchev–Trinajstić information content (AvgIpc) is 2.67. The molecule has 1 aromatic carbocycles. The lowest BCUT2D eigenvalue weighted by atomic mass is 9.94. The Hall–Kier alpha value is -0.870. The first-order chi connectivity index (χ1) is 7.20. The van der Waals surface area contributed by atoms with Gasteiger partial charge in [0.05, 0.1) is 5.92 Å². The number of benzene rings is 1. The van der Waals surface area contributed by atoms with Crippen LogP contribution in [0.4, 0.5) is 0 Å². The molecule has 1 aliphatic heterocycles. The van der Waals surface area contributed by atoms with Crippen molar-refractivity contribution in [2.45, 2.75) is 12.5 Å². The number of rotatable bonds is 2. The first kappa shape index (κ1) is 10.6. The van der Waals surface area contributed by atoms with Crippen LogP contribution in [0.3, 0.4) is 0 Å². The van der Waals surface area contributed by atoms with E-state index in [-0.39, 0.29) is 12.0 Å². The fourth-order valence-corrected chi connectivity index (χ4v) is 2.55. The molecule has 0 saturated carbocycles. The normalized spacial score (nSPS) is 25.4. The lowest BCUT2D eigenvalue weighted by molar-refractivity contribution is -0.142. The summed E-state index contributed by atoms with van der Waals surface area (Å²) in [6, 6.07) is 7.69. The van der Waals surface area contributed by atoms with Crippen LogP contribution < -0.4 is 5.32 Å². The van der Waals surface area contributed by atoms with Crippen LogP contribution in [0, 0.1) is 5.92 Å². The van der Waals surface area contributed by atoms with E-state index in [0.29, 0.717) is 6.42 Å². The van der Waals surface area contributed by atoms with Crippen molar-refractivity contribution < 1.29 is 9.90 Å². The third-order valence-electron chi connectivity index (χ3n) is 2.78. The van der Waals surface area contributed by atoms with Gasteiger partial charge in [-0.1, -0.05) is 34.1 Å². The monoisotopic (exact) mass is 269 g/mol. The van der Waals surface area contributed by atoms with E-state index in [4.69, 9.17) is 5.11 Å². The molecule has 0 spiro atoms. The van der Waals surface area contributed by atoms with Crippen LogP contribution in [0.5, 0.6) is 0 Å². The van der Waals surface area contributed by atoms with Crippen molar-refractivity contribution in [1.82, 2.24) is 5.32 Å². The summed E-state index contributed by atoms with van der Waals surface area (Å²) in [7, 11) is 0. The molecular weight excluding hydrogens is 258 g/mol. The number of carboxylic acids is 1. The number of hydrogen-bond acceptors (Lipinski definition) is 2. The smallest absolute Gasteiger partial charge is 0.308 e. The van der Waals surface area contributed by atoms with E-state index < -0.39 is 5.97 Å². The third-order valence-corrected chi connectivity index (χ3v) is 3.50. The Bertz CT molecular complexity index is 381. The first-order valence-electron chi connectivity index (χ1n) is 4.91. The number of nitrogens with one attached hydrogen (secondary N) is 1. The second-order valence-electron chi connectivity index (χ2n) is 3.69. The van der Waals surface area contributed by atoms with Gasteiger partial charge < -0.3 is 10.4 Å². The van der Waals surface area contributed by atoms with Crippen LogP contribution in [-0.4, -0.2) is 17.6 Å². The predicted octanol–water partition coefficient (Wildman–Crippen LogP) is 2.18. The number of aliphatic carboxylic acids is 1. The van der Waals surface area contributed by atoms with Crippen molar-refractivity contribution in [3.05, 3.63) is 34.3 Å². The van der Waals surface area contributed by atoms with Crippen LogP contribution in [0.1, 0.15) is 18.0 Å². The molecule has 0 amide bonds. The zero-order chi connectivity index (χ0) is 10.8. The predicted molar refractivity (Wildman–Crippen MR) is 60.6 cm³/mol. The molecule has 1 saturated heterocycles. The van der Waals surface area contributed by atoms with Gasteiger partial charge in [0.1, 0.15) is 0 Å². The van der Waals surface area contributed by atoms with Gasteiger partial charge in [-0.3, -0.25) is 4.79 Å². The highest BCUT2D eigenvalue weighted by molar-refractivity contribution is 9.10. The van der Waals surface area contributed by atoms with Crippen LogP contribution >= 0.6 is 15.9 Å². The highest BCUT2D eigenvalue weighted by Gasteiger charge is 2.34. The van der Waals surface area contributed by atoms with Gasteiger partial charge in [-0.25, -0.2) is 0 Å². The molecule has 4 heteroatoms. The molecule has 3 nitrogen and oxygen atoms in total. The molecule has 1 fully saturated rings. The van der Waals surface area contributed by atoms with Crippen LogP contribution in [-0.2, 0) is 4.79 Å². The summed E-state index contributed by atoms with van der Waals surface area (Å²) in [5, 5.41) is 12.3. The molecule has 0 radical (unpaired) electrons. The van der Waals surface area contributed by atoms with E-state index in [1.165, 1.54) is 0 Å². The number of hydrogen-bond donors (Lipinski definition) is 2. The Balaban J connectivity index is 2.30. The number of carbonyl (C=O) groups is 1. The lowest BCUT2D eigenvalue weighted by Crippen LogP contribution is -2.23. The Morgan fingerprint density at radius 3 is 2.87 bits per heavy atom. The molecule has 15 heavy (non-hydrogen) atoms. The van der Waals surface area contributed by atoms with Crippen molar-refractivity contribution in [2.75, 3.05) is 6.54 Å². The minimum Gasteiger partial charge on any atom is -0.481 e. The fraction of sp³-hybridized carbons (Fsp3) is 0.364. The second kappa shape index (κ2) is 4.33. The first-order valence-corrected chi connectivity index (χ1v) is 5.70. The summed E-state index contributed by atoms with van der Waals surface area (Å²) in [6.07, 6.45) is 0.696. The zero-order valence-corrected chi connectivity index (χ0v) is 9.70. The van der Waals surface area contributed by atoms with Gasteiger partial charge in [0.25, 0.3) is 0 Å². The van der Waals surface area contributed by atoms with Crippen molar-refractivity contribution >= 4 is 21.9 Å². The molecule has 2 rings (SSSR count). The molecule has 80 valence electrons. The van der Waals surface area contributed by atoms with Gasteiger partial charge in [-0.05, 0) is 24.6 Å². The van der Waals surface area contributed by atoms with Crippen LogP contribution in [0.2, 0.25) is 0 Å². The van der Waals surface area contributed by atoms with Gasteiger partial charge in [-0.2, -0.15) is 0 Å². The fourth-order valence-electron chi connectivity index (χ4n) is 2.02. The van der Waals surface area contributed by atoms with E-state index >= 15 is 0 Å².